The number of halogens is 1. The zero-order valence-electron chi connectivity index (χ0n) is 17.7. The molecule has 162 valence electrons. The van der Waals surface area contributed by atoms with E-state index < -0.39 is 5.78 Å². The number of carbonyl (C=O) groups excluding carboxylic acids is 2. The maximum Gasteiger partial charge on any atom is 0.228 e. The highest BCUT2D eigenvalue weighted by Crippen LogP contribution is 2.21. The fourth-order valence-electron chi connectivity index (χ4n) is 4.14. The Balaban J connectivity index is 1.20. The molecule has 2 heterocycles. The van der Waals surface area contributed by atoms with Crippen molar-refractivity contribution in [2.45, 2.75) is 19.4 Å². The highest BCUT2D eigenvalue weighted by atomic mass is 35.5. The average Bonchev–Trinajstić information content (AvgIpc) is 3.12. The summed E-state index contributed by atoms with van der Waals surface area (Å²) in [7, 11) is 2.04. The predicted octanol–water partition coefficient (Wildman–Crippen LogP) is 3.48. The number of para-hydroxylation sites is 2. The van der Waals surface area contributed by atoms with Crippen LogP contribution in [0.3, 0.4) is 0 Å². The summed E-state index contributed by atoms with van der Waals surface area (Å²) >= 11 is 5.86. The Kier molecular flexibility index (Phi) is 6.80. The Hall–Kier alpha value is -2.54. The molecular weight excluding hydrogens is 412 g/mol. The third-order valence-corrected chi connectivity index (χ3v) is 6.31. The average molecular weight is 439 g/mol. The van der Waals surface area contributed by atoms with Crippen molar-refractivity contribution in [1.82, 2.24) is 19.8 Å². The van der Waals surface area contributed by atoms with Crippen molar-refractivity contribution in [3.8, 4) is 0 Å². The van der Waals surface area contributed by atoms with Crippen LogP contribution in [-0.2, 0) is 18.4 Å². The van der Waals surface area contributed by atoms with Gasteiger partial charge in [-0.25, -0.2) is 4.98 Å². The number of nitrogens with zero attached hydrogens (tertiary/aromatic N) is 3. The zero-order valence-corrected chi connectivity index (χ0v) is 18.4. The Morgan fingerprint density at radius 1 is 1.10 bits per heavy atom. The highest BCUT2D eigenvalue weighted by Gasteiger charge is 2.29. The lowest BCUT2D eigenvalue weighted by atomic mass is 9.88. The van der Waals surface area contributed by atoms with Crippen LogP contribution in [0.1, 0.15) is 29.0 Å². The summed E-state index contributed by atoms with van der Waals surface area (Å²) in [6, 6.07) is 14.7. The molecule has 0 radical (unpaired) electrons. The molecule has 7 heteroatoms. The van der Waals surface area contributed by atoms with Crippen LogP contribution in [0.4, 0.5) is 0 Å². The van der Waals surface area contributed by atoms with Gasteiger partial charge in [-0.05, 0) is 62.3 Å². The smallest absolute Gasteiger partial charge is 0.228 e. The maximum atomic E-state index is 12.6. The van der Waals surface area contributed by atoms with Crippen molar-refractivity contribution in [1.29, 1.82) is 0 Å². The first-order valence-corrected chi connectivity index (χ1v) is 11.1. The Morgan fingerprint density at radius 2 is 1.81 bits per heavy atom. The standard InChI is InChI=1S/C24H27ClN4O2/c1-28-21-5-3-2-4-20(21)27-22(28)16-26-12-15-29-13-10-18(11-14-29)24(31)23(30)17-6-8-19(25)9-7-17/h2-9,18,26H,10-16H2,1H3. The molecule has 1 aromatic heterocycles. The normalized spacial score (nSPS) is 15.4. The van der Waals surface area contributed by atoms with Gasteiger partial charge in [-0.2, -0.15) is 0 Å². The summed E-state index contributed by atoms with van der Waals surface area (Å²) < 4.78 is 2.12. The van der Waals surface area contributed by atoms with Crippen LogP contribution < -0.4 is 5.32 Å². The number of piperidine rings is 1. The number of imidazole rings is 1. The lowest BCUT2D eigenvalue weighted by molar-refractivity contribution is -0.120. The summed E-state index contributed by atoms with van der Waals surface area (Å²) in [5.41, 5.74) is 2.57. The number of hydrogen-bond acceptors (Lipinski definition) is 5. The highest BCUT2D eigenvalue weighted by molar-refractivity contribution is 6.44. The van der Waals surface area contributed by atoms with E-state index >= 15 is 0 Å². The van der Waals surface area contributed by atoms with E-state index in [1.807, 2.05) is 25.2 Å². The summed E-state index contributed by atoms with van der Waals surface area (Å²) in [6.07, 6.45) is 1.45. The molecule has 4 rings (SSSR count). The second-order valence-electron chi connectivity index (χ2n) is 8.07. The number of nitrogens with one attached hydrogen (secondary N) is 1. The van der Waals surface area contributed by atoms with Crippen LogP contribution in [0.2, 0.25) is 5.02 Å². The first kappa shape index (κ1) is 21.7. The van der Waals surface area contributed by atoms with Crippen LogP contribution in [0.25, 0.3) is 11.0 Å². The Bertz CT molecular complexity index is 1070. The van der Waals surface area contributed by atoms with Gasteiger partial charge in [0.15, 0.2) is 0 Å². The molecule has 3 aromatic rings. The monoisotopic (exact) mass is 438 g/mol. The maximum absolute atomic E-state index is 12.6. The number of benzene rings is 2. The number of carbonyl (C=O) groups is 2. The van der Waals surface area contributed by atoms with Crippen molar-refractivity contribution in [2.24, 2.45) is 13.0 Å². The van der Waals surface area contributed by atoms with Gasteiger partial charge in [-0.15, -0.1) is 0 Å². The minimum absolute atomic E-state index is 0.188. The Labute approximate surface area is 187 Å². The van der Waals surface area contributed by atoms with Gasteiger partial charge in [0.25, 0.3) is 0 Å². The van der Waals surface area contributed by atoms with Crippen molar-refractivity contribution in [2.75, 3.05) is 26.2 Å². The van der Waals surface area contributed by atoms with Gasteiger partial charge in [-0.3, -0.25) is 9.59 Å². The summed E-state index contributed by atoms with van der Waals surface area (Å²) in [6.45, 7) is 4.15. The predicted molar refractivity (Wildman–Crippen MR) is 122 cm³/mol. The minimum Gasteiger partial charge on any atom is -0.330 e. The molecule has 0 aliphatic carbocycles. The number of rotatable bonds is 8. The number of likely N-dealkylation sites (tertiary alicyclic amines) is 1. The van der Waals surface area contributed by atoms with E-state index in [2.05, 4.69) is 25.8 Å². The van der Waals surface area contributed by atoms with Gasteiger partial charge in [0, 0.05) is 36.6 Å². The first-order valence-electron chi connectivity index (χ1n) is 10.7. The van der Waals surface area contributed by atoms with Gasteiger partial charge in [-0.1, -0.05) is 23.7 Å². The fraction of sp³-hybridized carbons (Fsp3) is 0.375. The number of aromatic nitrogens is 2. The second-order valence-corrected chi connectivity index (χ2v) is 8.51. The molecule has 31 heavy (non-hydrogen) atoms. The van der Waals surface area contributed by atoms with Crippen molar-refractivity contribution < 1.29 is 9.59 Å². The molecule has 1 fully saturated rings. The van der Waals surface area contributed by atoms with Crippen molar-refractivity contribution in [3.05, 3.63) is 64.9 Å². The number of ketones is 2. The molecule has 0 atom stereocenters. The van der Waals surface area contributed by atoms with E-state index in [9.17, 15) is 9.59 Å². The zero-order chi connectivity index (χ0) is 21.8. The lowest BCUT2D eigenvalue weighted by Gasteiger charge is -2.31. The van der Waals surface area contributed by atoms with Crippen LogP contribution in [-0.4, -0.2) is 52.2 Å². The van der Waals surface area contributed by atoms with Crippen molar-refractivity contribution >= 4 is 34.2 Å². The van der Waals surface area contributed by atoms with Crippen LogP contribution in [0, 0.1) is 5.92 Å². The topological polar surface area (TPSA) is 67.2 Å². The quantitative estimate of drug-likeness (QED) is 0.331. The third-order valence-electron chi connectivity index (χ3n) is 6.06. The molecule has 0 spiro atoms. The molecule has 2 aromatic carbocycles. The molecule has 0 unspecified atom stereocenters. The molecule has 1 saturated heterocycles. The first-order chi connectivity index (χ1) is 15.0. The van der Waals surface area contributed by atoms with Gasteiger partial charge in [0.05, 0.1) is 17.6 Å². The van der Waals surface area contributed by atoms with E-state index in [1.54, 1.807) is 24.3 Å². The molecule has 0 bridgehead atoms. The third kappa shape index (κ3) is 5.03. The van der Waals surface area contributed by atoms with E-state index in [0.29, 0.717) is 10.6 Å². The number of fused-ring (bicyclic) bond motifs is 1. The number of aryl methyl sites for hydroxylation is 1. The molecule has 1 aliphatic heterocycles. The molecule has 1 N–H and O–H groups in total. The molecular formula is C24H27ClN4O2. The molecule has 6 nitrogen and oxygen atoms in total. The van der Waals surface area contributed by atoms with Crippen LogP contribution >= 0.6 is 11.6 Å². The van der Waals surface area contributed by atoms with Crippen LogP contribution in [0.15, 0.2) is 48.5 Å². The van der Waals surface area contributed by atoms with E-state index in [4.69, 9.17) is 11.6 Å². The van der Waals surface area contributed by atoms with Gasteiger partial charge in [0.1, 0.15) is 5.82 Å². The van der Waals surface area contributed by atoms with Gasteiger partial charge < -0.3 is 14.8 Å². The number of Topliss-reactive ketones (excluding diaryl/α,β-unsaturated/α-hetero) is 2. The minimum atomic E-state index is -0.403. The molecule has 0 amide bonds. The summed E-state index contributed by atoms with van der Waals surface area (Å²) in [4.78, 5) is 32.1. The molecule has 1 aliphatic rings. The summed E-state index contributed by atoms with van der Waals surface area (Å²) in [5.74, 6) is 0.153. The van der Waals surface area contributed by atoms with Gasteiger partial charge >= 0.3 is 0 Å². The van der Waals surface area contributed by atoms with E-state index in [1.165, 1.54) is 0 Å². The fourth-order valence-corrected chi connectivity index (χ4v) is 4.26. The van der Waals surface area contributed by atoms with E-state index in [0.717, 1.165) is 62.4 Å². The summed E-state index contributed by atoms with van der Waals surface area (Å²) in [5, 5.41) is 4.03. The second kappa shape index (κ2) is 9.73. The molecule has 0 saturated carbocycles. The van der Waals surface area contributed by atoms with Crippen LogP contribution in [0.5, 0.6) is 0 Å². The Morgan fingerprint density at radius 3 is 2.52 bits per heavy atom. The van der Waals surface area contributed by atoms with Crippen molar-refractivity contribution in [3.63, 3.8) is 0 Å². The largest absolute Gasteiger partial charge is 0.330 e. The van der Waals surface area contributed by atoms with Gasteiger partial charge in [0.2, 0.25) is 11.6 Å². The van der Waals surface area contributed by atoms with E-state index in [-0.39, 0.29) is 11.7 Å². The SMILES string of the molecule is Cn1c(CNCCN2CCC(C(=O)C(=O)c3ccc(Cl)cc3)CC2)nc2ccccc21. The lowest BCUT2D eigenvalue weighted by Crippen LogP contribution is -2.41. The number of hydrogen-bond donors (Lipinski definition) is 1.